The summed E-state index contributed by atoms with van der Waals surface area (Å²) in [5.41, 5.74) is 2.16. The van der Waals surface area contributed by atoms with Crippen LogP contribution in [0.25, 0.3) is 0 Å². The maximum Gasteiger partial charge on any atom is 0.257 e. The van der Waals surface area contributed by atoms with Crippen LogP contribution >= 0.6 is 0 Å². The number of benzene rings is 2. The highest BCUT2D eigenvalue weighted by atomic mass is 16.5. The van der Waals surface area contributed by atoms with Gasteiger partial charge in [0, 0.05) is 25.2 Å². The van der Waals surface area contributed by atoms with E-state index in [1.54, 1.807) is 30.1 Å². The third kappa shape index (κ3) is 6.23. The molecule has 0 saturated carbocycles. The molecule has 0 spiro atoms. The summed E-state index contributed by atoms with van der Waals surface area (Å²) in [4.78, 5) is 39.6. The zero-order valence-corrected chi connectivity index (χ0v) is 21.2. The van der Waals surface area contributed by atoms with Crippen LogP contribution in [0.15, 0.2) is 48.5 Å². The summed E-state index contributed by atoms with van der Waals surface area (Å²) in [6.45, 7) is 4.49. The second kappa shape index (κ2) is 11.6. The highest BCUT2D eigenvalue weighted by molar-refractivity contribution is 6.00. The third-order valence-electron chi connectivity index (χ3n) is 6.80. The molecule has 0 aliphatic carbocycles. The van der Waals surface area contributed by atoms with E-state index >= 15 is 0 Å². The number of likely N-dealkylation sites (N-methyl/N-ethyl adjacent to an activating group) is 1. The molecular formula is C28H35N3O5. The van der Waals surface area contributed by atoms with Crippen LogP contribution in [0.5, 0.6) is 5.75 Å². The van der Waals surface area contributed by atoms with Gasteiger partial charge in [0.15, 0.2) is 0 Å². The Morgan fingerprint density at radius 3 is 2.64 bits per heavy atom. The Morgan fingerprint density at radius 2 is 1.89 bits per heavy atom. The molecule has 36 heavy (non-hydrogen) atoms. The molecule has 8 nitrogen and oxygen atoms in total. The lowest BCUT2D eigenvalue weighted by Crippen LogP contribution is -2.54. The number of nitrogens with zero attached hydrogens (tertiary/aromatic N) is 1. The molecule has 192 valence electrons. The predicted molar refractivity (Wildman–Crippen MR) is 137 cm³/mol. The van der Waals surface area contributed by atoms with Gasteiger partial charge in [0.2, 0.25) is 11.8 Å². The van der Waals surface area contributed by atoms with Crippen LogP contribution in [0.1, 0.15) is 49.0 Å². The lowest BCUT2D eigenvalue weighted by molar-refractivity contribution is -0.134. The van der Waals surface area contributed by atoms with Crippen molar-refractivity contribution in [1.29, 1.82) is 0 Å². The van der Waals surface area contributed by atoms with Gasteiger partial charge in [0.05, 0.1) is 24.1 Å². The highest BCUT2D eigenvalue weighted by Crippen LogP contribution is 2.32. The van der Waals surface area contributed by atoms with Gasteiger partial charge in [-0.25, -0.2) is 0 Å². The first kappa shape index (κ1) is 25.7. The molecule has 1 fully saturated rings. The van der Waals surface area contributed by atoms with Gasteiger partial charge < -0.3 is 25.0 Å². The summed E-state index contributed by atoms with van der Waals surface area (Å²) in [6, 6.07) is 15.0. The van der Waals surface area contributed by atoms with Crippen molar-refractivity contribution >= 4 is 23.4 Å². The normalized spacial score (nSPS) is 21.5. The van der Waals surface area contributed by atoms with Crippen LogP contribution < -0.4 is 15.4 Å². The van der Waals surface area contributed by atoms with E-state index in [9.17, 15) is 14.4 Å². The van der Waals surface area contributed by atoms with E-state index in [0.29, 0.717) is 30.0 Å². The minimum absolute atomic E-state index is 0.0353. The van der Waals surface area contributed by atoms with Crippen molar-refractivity contribution < 1.29 is 23.9 Å². The fourth-order valence-electron chi connectivity index (χ4n) is 4.66. The summed E-state index contributed by atoms with van der Waals surface area (Å²) in [5.74, 6) is -0.0377. The molecule has 2 aliphatic heterocycles. The van der Waals surface area contributed by atoms with E-state index in [0.717, 1.165) is 12.8 Å². The SMILES string of the molecule is CC(C)C(=O)Nc1ccc2c(c1)C(=O)N(C)[C@@H]1CC[C@@H](CC(=O)NCCc3ccccc3)O[C@@H]1CO2. The van der Waals surface area contributed by atoms with Crippen molar-refractivity contribution in [2.75, 3.05) is 25.5 Å². The van der Waals surface area contributed by atoms with E-state index in [2.05, 4.69) is 10.6 Å². The summed E-state index contributed by atoms with van der Waals surface area (Å²) < 4.78 is 12.3. The second-order valence-electron chi connectivity index (χ2n) is 9.81. The van der Waals surface area contributed by atoms with Crippen molar-refractivity contribution in [3.63, 3.8) is 0 Å². The first-order valence-electron chi connectivity index (χ1n) is 12.6. The van der Waals surface area contributed by atoms with Gasteiger partial charge in [0.25, 0.3) is 5.91 Å². The summed E-state index contributed by atoms with van der Waals surface area (Å²) >= 11 is 0. The molecule has 2 heterocycles. The van der Waals surface area contributed by atoms with E-state index in [-0.39, 0.29) is 54.9 Å². The van der Waals surface area contributed by atoms with Crippen LogP contribution in [0, 0.1) is 5.92 Å². The maximum absolute atomic E-state index is 13.3. The Kier molecular flexibility index (Phi) is 8.25. The Labute approximate surface area is 212 Å². The molecular weight excluding hydrogens is 458 g/mol. The van der Waals surface area contributed by atoms with Crippen LogP contribution in [-0.2, 0) is 20.7 Å². The number of carbonyl (C=O) groups is 3. The smallest absolute Gasteiger partial charge is 0.257 e. The largest absolute Gasteiger partial charge is 0.490 e. The fraction of sp³-hybridized carbons (Fsp3) is 0.464. The number of rotatable bonds is 7. The molecule has 2 aromatic carbocycles. The van der Waals surface area contributed by atoms with Crippen LogP contribution in [0.2, 0.25) is 0 Å². The molecule has 2 aliphatic rings. The number of hydrogen-bond acceptors (Lipinski definition) is 5. The average Bonchev–Trinajstić information content (AvgIpc) is 2.87. The van der Waals surface area contributed by atoms with Crippen molar-refractivity contribution in [1.82, 2.24) is 10.2 Å². The minimum atomic E-state index is -0.330. The molecule has 2 N–H and O–H groups in total. The zero-order valence-electron chi connectivity index (χ0n) is 21.2. The molecule has 0 radical (unpaired) electrons. The van der Waals surface area contributed by atoms with E-state index < -0.39 is 0 Å². The van der Waals surface area contributed by atoms with Crippen LogP contribution in [0.4, 0.5) is 5.69 Å². The number of amides is 3. The van der Waals surface area contributed by atoms with Crippen LogP contribution in [-0.4, -0.2) is 61.1 Å². The van der Waals surface area contributed by atoms with Gasteiger partial charge >= 0.3 is 0 Å². The van der Waals surface area contributed by atoms with Crippen molar-refractivity contribution in [3.05, 3.63) is 59.7 Å². The standard InChI is InChI=1S/C28H35N3O5/c1-18(2)27(33)30-20-9-12-24-22(15-20)28(34)31(3)23-11-10-21(36-25(23)17-35-24)16-26(32)29-14-13-19-7-5-4-6-8-19/h4-9,12,15,18,21,23,25H,10-11,13-14,16-17H2,1-3H3,(H,29,32)(H,30,33)/t21-,23+,25+/m0/s1. The summed E-state index contributed by atoms with van der Waals surface area (Å²) in [7, 11) is 1.77. The molecule has 1 saturated heterocycles. The van der Waals surface area contributed by atoms with E-state index in [1.165, 1.54) is 5.56 Å². The van der Waals surface area contributed by atoms with Crippen molar-refractivity contribution in [2.45, 2.75) is 57.8 Å². The number of fused-ring (bicyclic) bond motifs is 2. The quantitative estimate of drug-likeness (QED) is 0.616. The monoisotopic (exact) mass is 493 g/mol. The van der Waals surface area contributed by atoms with E-state index in [1.807, 2.05) is 44.2 Å². The molecule has 3 amide bonds. The second-order valence-corrected chi connectivity index (χ2v) is 9.81. The third-order valence-corrected chi connectivity index (χ3v) is 6.80. The van der Waals surface area contributed by atoms with Crippen LogP contribution in [0.3, 0.4) is 0 Å². The Hall–Kier alpha value is -3.39. The lowest BCUT2D eigenvalue weighted by atomic mass is 9.94. The van der Waals surface area contributed by atoms with Gasteiger partial charge in [-0.15, -0.1) is 0 Å². The number of ether oxygens (including phenoxy) is 2. The minimum Gasteiger partial charge on any atom is -0.490 e. The lowest BCUT2D eigenvalue weighted by Gasteiger charge is -2.42. The number of nitrogens with one attached hydrogen (secondary N) is 2. The molecule has 4 rings (SSSR count). The number of hydrogen-bond donors (Lipinski definition) is 2. The van der Waals surface area contributed by atoms with Gasteiger partial charge in [0.1, 0.15) is 18.5 Å². The number of anilines is 1. The summed E-state index contributed by atoms with van der Waals surface area (Å²) in [6.07, 6.45) is 1.92. The molecule has 0 bridgehead atoms. The van der Waals surface area contributed by atoms with Gasteiger partial charge in [-0.2, -0.15) is 0 Å². The molecule has 8 heteroatoms. The average molecular weight is 494 g/mol. The number of carbonyl (C=O) groups excluding carboxylic acids is 3. The van der Waals surface area contributed by atoms with E-state index in [4.69, 9.17) is 9.47 Å². The topological polar surface area (TPSA) is 97.0 Å². The van der Waals surface area contributed by atoms with Gasteiger partial charge in [-0.05, 0) is 43.0 Å². The highest BCUT2D eigenvalue weighted by Gasteiger charge is 2.39. The first-order valence-corrected chi connectivity index (χ1v) is 12.6. The Balaban J connectivity index is 1.35. The first-order chi connectivity index (χ1) is 17.3. The molecule has 2 aromatic rings. The molecule has 0 aromatic heterocycles. The van der Waals surface area contributed by atoms with Crippen molar-refractivity contribution in [2.24, 2.45) is 5.92 Å². The zero-order chi connectivity index (χ0) is 25.7. The maximum atomic E-state index is 13.3. The fourth-order valence-corrected chi connectivity index (χ4v) is 4.66. The molecule has 0 unspecified atom stereocenters. The Morgan fingerprint density at radius 1 is 1.11 bits per heavy atom. The van der Waals surface area contributed by atoms with Crippen molar-refractivity contribution in [3.8, 4) is 5.75 Å². The van der Waals surface area contributed by atoms with Gasteiger partial charge in [-0.1, -0.05) is 44.2 Å². The Bertz CT molecular complexity index is 1090. The molecule has 3 atom stereocenters. The van der Waals surface area contributed by atoms with Gasteiger partial charge in [-0.3, -0.25) is 14.4 Å². The predicted octanol–water partition coefficient (Wildman–Crippen LogP) is 3.41. The summed E-state index contributed by atoms with van der Waals surface area (Å²) in [5, 5.41) is 5.82.